The fraction of sp³-hybridized carbons (Fsp3) is 0.450. The van der Waals surface area contributed by atoms with Crippen molar-refractivity contribution in [2.24, 2.45) is 28.8 Å². The van der Waals surface area contributed by atoms with Gasteiger partial charge in [0.15, 0.2) is 11.5 Å². The molecule has 1 heterocycles. The van der Waals surface area contributed by atoms with Crippen molar-refractivity contribution in [3.63, 3.8) is 0 Å². The summed E-state index contributed by atoms with van der Waals surface area (Å²) in [5.74, 6) is 0.517. The van der Waals surface area contributed by atoms with Crippen LogP contribution in [-0.4, -0.2) is 36.3 Å². The molecular formula is C20H20Br2N2O4. The summed E-state index contributed by atoms with van der Waals surface area (Å²) in [6.07, 6.45) is 6.51. The number of hydrazone groups is 1. The van der Waals surface area contributed by atoms with E-state index in [9.17, 15) is 9.59 Å². The standard InChI is InChI=1S/C20H20Br2N2O4/c1-9(2)28-18-13(27-3)7-12(16(21)17(18)22)8-23-24-19(25)14-10-4-5-11(6-10)15(14)20(24)26/h4-5,7-11,14-15H,6H2,1-3H3/t10-,11-,14-,15+/m0/s1. The smallest absolute Gasteiger partial charge is 0.254 e. The molecule has 2 aliphatic carbocycles. The molecule has 0 spiro atoms. The zero-order valence-electron chi connectivity index (χ0n) is 15.7. The van der Waals surface area contributed by atoms with Crippen molar-refractivity contribution in [3.8, 4) is 11.5 Å². The van der Waals surface area contributed by atoms with Crippen LogP contribution in [0.3, 0.4) is 0 Å². The van der Waals surface area contributed by atoms with E-state index >= 15 is 0 Å². The number of carbonyl (C=O) groups excluding carboxylic acids is 2. The number of imide groups is 1. The first-order chi connectivity index (χ1) is 13.3. The number of allylic oxidation sites excluding steroid dienone is 2. The van der Waals surface area contributed by atoms with Gasteiger partial charge in [-0.3, -0.25) is 9.59 Å². The molecule has 28 heavy (non-hydrogen) atoms. The predicted molar refractivity (Wildman–Crippen MR) is 111 cm³/mol. The highest BCUT2D eigenvalue weighted by molar-refractivity contribution is 9.13. The van der Waals surface area contributed by atoms with Crippen LogP contribution in [0.1, 0.15) is 25.8 Å². The molecule has 4 atom stereocenters. The Balaban J connectivity index is 1.63. The van der Waals surface area contributed by atoms with E-state index in [1.54, 1.807) is 13.2 Å². The van der Waals surface area contributed by atoms with E-state index in [-0.39, 0.29) is 41.6 Å². The first kappa shape index (κ1) is 19.6. The van der Waals surface area contributed by atoms with Crippen molar-refractivity contribution in [1.82, 2.24) is 5.01 Å². The second-order valence-electron chi connectivity index (χ2n) is 7.52. The topological polar surface area (TPSA) is 68.2 Å². The lowest BCUT2D eigenvalue weighted by atomic mass is 9.85. The van der Waals surface area contributed by atoms with Crippen molar-refractivity contribution < 1.29 is 19.1 Å². The Morgan fingerprint density at radius 3 is 2.29 bits per heavy atom. The van der Waals surface area contributed by atoms with Crippen LogP contribution in [-0.2, 0) is 9.59 Å². The number of hydrogen-bond acceptors (Lipinski definition) is 5. The van der Waals surface area contributed by atoms with Crippen molar-refractivity contribution in [3.05, 3.63) is 32.7 Å². The summed E-state index contributed by atoms with van der Waals surface area (Å²) in [6.45, 7) is 3.86. The number of benzene rings is 1. The minimum absolute atomic E-state index is 0.0279. The zero-order valence-corrected chi connectivity index (χ0v) is 18.9. The second-order valence-corrected chi connectivity index (χ2v) is 9.11. The Bertz CT molecular complexity index is 882. The highest BCUT2D eigenvalue weighted by atomic mass is 79.9. The summed E-state index contributed by atoms with van der Waals surface area (Å²) < 4.78 is 12.6. The number of rotatable bonds is 5. The molecule has 4 rings (SSSR count). The van der Waals surface area contributed by atoms with E-state index in [4.69, 9.17) is 9.47 Å². The zero-order chi connectivity index (χ0) is 20.2. The maximum Gasteiger partial charge on any atom is 0.254 e. The van der Waals surface area contributed by atoms with Gasteiger partial charge in [-0.15, -0.1) is 0 Å². The van der Waals surface area contributed by atoms with Gasteiger partial charge in [0.2, 0.25) is 0 Å². The van der Waals surface area contributed by atoms with Crippen LogP contribution < -0.4 is 9.47 Å². The molecule has 2 fully saturated rings. The molecule has 6 nitrogen and oxygen atoms in total. The van der Waals surface area contributed by atoms with Gasteiger partial charge >= 0.3 is 0 Å². The summed E-state index contributed by atoms with van der Waals surface area (Å²) in [5.41, 5.74) is 0.665. The molecule has 1 aromatic rings. The lowest BCUT2D eigenvalue weighted by Gasteiger charge is -2.17. The maximum atomic E-state index is 12.8. The second kappa shape index (κ2) is 7.30. The summed E-state index contributed by atoms with van der Waals surface area (Å²) in [6, 6.07) is 1.76. The van der Waals surface area contributed by atoms with Gasteiger partial charge in [0.05, 0.1) is 35.7 Å². The van der Waals surface area contributed by atoms with Crippen molar-refractivity contribution in [1.29, 1.82) is 0 Å². The van der Waals surface area contributed by atoms with Gasteiger partial charge in [-0.05, 0) is 70.0 Å². The predicted octanol–water partition coefficient (Wildman–Crippen LogP) is 4.15. The van der Waals surface area contributed by atoms with Gasteiger partial charge < -0.3 is 9.47 Å². The number of carbonyl (C=O) groups is 2. The summed E-state index contributed by atoms with van der Waals surface area (Å²) in [7, 11) is 1.56. The third-order valence-electron chi connectivity index (χ3n) is 5.49. The van der Waals surface area contributed by atoms with Crippen molar-refractivity contribution >= 4 is 49.9 Å². The number of hydrogen-bond donors (Lipinski definition) is 0. The Kier molecular flexibility index (Phi) is 5.12. The molecule has 0 unspecified atom stereocenters. The van der Waals surface area contributed by atoms with Crippen LogP contribution >= 0.6 is 31.9 Å². The minimum atomic E-state index is -0.258. The van der Waals surface area contributed by atoms with Gasteiger partial charge in [0, 0.05) is 10.0 Å². The highest BCUT2D eigenvalue weighted by Crippen LogP contribution is 2.52. The SMILES string of the molecule is COc1cc(C=NN2C(=O)[C@@H]3[C@H](C2=O)[C@H]2C=C[C@H]3C2)c(Br)c(Br)c1OC(C)C. The quantitative estimate of drug-likeness (QED) is 0.338. The summed E-state index contributed by atoms with van der Waals surface area (Å²) in [5, 5.41) is 5.27. The number of ether oxygens (including phenoxy) is 2. The molecule has 0 N–H and O–H groups in total. The van der Waals surface area contributed by atoms with Gasteiger partial charge in [-0.25, -0.2) is 0 Å². The number of amides is 2. The number of methoxy groups -OCH3 is 1. The van der Waals surface area contributed by atoms with Crippen molar-refractivity contribution in [2.45, 2.75) is 26.4 Å². The molecule has 1 saturated carbocycles. The molecule has 0 radical (unpaired) electrons. The van der Waals surface area contributed by atoms with E-state index < -0.39 is 0 Å². The molecule has 1 aromatic carbocycles. The first-order valence-corrected chi connectivity index (χ1v) is 10.7. The molecule has 3 aliphatic rings. The van der Waals surface area contributed by atoms with E-state index in [0.29, 0.717) is 26.0 Å². The Morgan fingerprint density at radius 1 is 1.14 bits per heavy atom. The first-order valence-electron chi connectivity index (χ1n) is 9.16. The monoisotopic (exact) mass is 510 g/mol. The normalized spacial score (nSPS) is 28.1. The third kappa shape index (κ3) is 3.01. The van der Waals surface area contributed by atoms with E-state index in [1.165, 1.54) is 6.21 Å². The van der Waals surface area contributed by atoms with Crippen LogP contribution in [0.2, 0.25) is 0 Å². The molecular weight excluding hydrogens is 492 g/mol. The Hall–Kier alpha value is -1.67. The van der Waals surface area contributed by atoms with Gasteiger partial charge in [-0.2, -0.15) is 10.1 Å². The van der Waals surface area contributed by atoms with Crippen LogP contribution in [0, 0.1) is 23.7 Å². The lowest BCUT2D eigenvalue weighted by Crippen LogP contribution is -2.28. The van der Waals surface area contributed by atoms with Gasteiger partial charge in [0.1, 0.15) is 0 Å². The van der Waals surface area contributed by atoms with Crippen LogP contribution in [0.5, 0.6) is 11.5 Å². The molecule has 1 aliphatic heterocycles. The van der Waals surface area contributed by atoms with E-state index in [1.807, 2.05) is 13.8 Å². The average molecular weight is 512 g/mol. The number of nitrogens with zero attached hydrogens (tertiary/aromatic N) is 2. The minimum Gasteiger partial charge on any atom is -0.493 e. The summed E-state index contributed by atoms with van der Waals surface area (Å²) in [4.78, 5) is 25.5. The van der Waals surface area contributed by atoms with Crippen LogP contribution in [0.4, 0.5) is 0 Å². The third-order valence-corrected chi connectivity index (χ3v) is 7.63. The molecule has 8 heteroatoms. The lowest BCUT2D eigenvalue weighted by molar-refractivity contribution is -0.140. The fourth-order valence-electron chi connectivity index (χ4n) is 4.32. The van der Waals surface area contributed by atoms with Gasteiger partial charge in [0.25, 0.3) is 11.8 Å². The Labute approximate surface area is 180 Å². The van der Waals surface area contributed by atoms with E-state index in [2.05, 4.69) is 49.1 Å². The number of fused-ring (bicyclic) bond motifs is 5. The highest BCUT2D eigenvalue weighted by Gasteiger charge is 2.59. The van der Waals surface area contributed by atoms with Crippen LogP contribution in [0.25, 0.3) is 0 Å². The van der Waals surface area contributed by atoms with E-state index in [0.717, 1.165) is 11.4 Å². The van der Waals surface area contributed by atoms with Crippen LogP contribution in [0.15, 0.2) is 32.3 Å². The van der Waals surface area contributed by atoms with Gasteiger partial charge in [-0.1, -0.05) is 12.2 Å². The molecule has 1 saturated heterocycles. The average Bonchev–Trinajstić information content (AvgIpc) is 3.33. The molecule has 2 amide bonds. The molecule has 148 valence electrons. The fourth-order valence-corrected chi connectivity index (χ4v) is 5.23. The molecule has 2 bridgehead atoms. The molecule has 0 aromatic heterocycles. The maximum absolute atomic E-state index is 12.8. The summed E-state index contributed by atoms with van der Waals surface area (Å²) >= 11 is 7.05. The van der Waals surface area contributed by atoms with Crippen molar-refractivity contribution in [2.75, 3.05) is 7.11 Å². The number of halogens is 2. The Morgan fingerprint density at radius 2 is 1.75 bits per heavy atom. The largest absolute Gasteiger partial charge is 0.493 e.